The van der Waals surface area contributed by atoms with Gasteiger partial charge in [0.1, 0.15) is 5.82 Å². The summed E-state index contributed by atoms with van der Waals surface area (Å²) >= 11 is 0. The Morgan fingerprint density at radius 1 is 1.06 bits per heavy atom. The Kier molecular flexibility index (Phi) is 2.77. The van der Waals surface area contributed by atoms with Crippen LogP contribution in [0.5, 0.6) is 0 Å². The van der Waals surface area contributed by atoms with E-state index in [0.717, 1.165) is 34.4 Å². The summed E-state index contributed by atoms with van der Waals surface area (Å²) in [5, 5.41) is 1.11. The van der Waals surface area contributed by atoms with Gasteiger partial charge in [-0.3, -0.25) is 0 Å². The third-order valence-electron chi connectivity index (χ3n) is 2.97. The first-order valence-corrected chi connectivity index (χ1v) is 6.12. The molecule has 1 aliphatic rings. The third kappa shape index (κ3) is 1.97. The van der Waals surface area contributed by atoms with E-state index in [1.165, 1.54) is 0 Å². The van der Waals surface area contributed by atoms with Gasteiger partial charge in [-0.1, -0.05) is 48.6 Å². The van der Waals surface area contributed by atoms with Gasteiger partial charge in [0.05, 0.1) is 11.2 Å². The highest BCUT2D eigenvalue weighted by Crippen LogP contribution is 2.24. The summed E-state index contributed by atoms with van der Waals surface area (Å²) in [5.74, 6) is 0.811. The van der Waals surface area contributed by atoms with E-state index < -0.39 is 0 Å². The summed E-state index contributed by atoms with van der Waals surface area (Å²) in [4.78, 5) is 9.08. The standard InChI is InChI=1S/C16H14N2/c1-12-17-15-11-7-6-10-14(15)16(18-12)13-8-4-2-3-5-9-13/h2,4-11H,3H2,1H3. The van der Waals surface area contributed by atoms with Crippen molar-refractivity contribution in [2.45, 2.75) is 13.3 Å². The van der Waals surface area contributed by atoms with Crippen LogP contribution >= 0.6 is 0 Å². The van der Waals surface area contributed by atoms with Crippen LogP contribution in [0.4, 0.5) is 0 Å². The molecule has 2 heteroatoms. The molecule has 1 aromatic heterocycles. The van der Waals surface area contributed by atoms with Gasteiger partial charge in [0.25, 0.3) is 0 Å². The van der Waals surface area contributed by atoms with Crippen molar-refractivity contribution in [1.82, 2.24) is 9.97 Å². The van der Waals surface area contributed by atoms with Gasteiger partial charge in [-0.05, 0) is 19.4 Å². The van der Waals surface area contributed by atoms with Crippen molar-refractivity contribution in [3.05, 3.63) is 66.2 Å². The summed E-state index contributed by atoms with van der Waals surface area (Å²) in [5.41, 5.74) is 3.16. The Morgan fingerprint density at radius 2 is 1.94 bits per heavy atom. The number of aromatic nitrogens is 2. The van der Waals surface area contributed by atoms with Gasteiger partial charge in [-0.25, -0.2) is 9.97 Å². The fraction of sp³-hybridized carbons (Fsp3) is 0.125. The van der Waals surface area contributed by atoms with Crippen molar-refractivity contribution in [2.75, 3.05) is 0 Å². The van der Waals surface area contributed by atoms with Crippen LogP contribution in [0.2, 0.25) is 0 Å². The van der Waals surface area contributed by atoms with Crippen LogP contribution in [0.3, 0.4) is 0 Å². The topological polar surface area (TPSA) is 25.8 Å². The molecule has 0 spiro atoms. The molecule has 3 rings (SSSR count). The second-order valence-electron chi connectivity index (χ2n) is 4.32. The molecule has 0 saturated heterocycles. The minimum atomic E-state index is 0.811. The monoisotopic (exact) mass is 234 g/mol. The molecule has 0 fully saturated rings. The van der Waals surface area contributed by atoms with Crippen molar-refractivity contribution in [3.63, 3.8) is 0 Å². The Labute approximate surface area is 106 Å². The maximum absolute atomic E-state index is 4.60. The molecule has 0 bridgehead atoms. The minimum Gasteiger partial charge on any atom is -0.233 e. The van der Waals surface area contributed by atoms with Gasteiger partial charge >= 0.3 is 0 Å². The predicted octanol–water partition coefficient (Wildman–Crippen LogP) is 3.84. The number of hydrogen-bond acceptors (Lipinski definition) is 2. The van der Waals surface area contributed by atoms with Gasteiger partial charge < -0.3 is 0 Å². The van der Waals surface area contributed by atoms with E-state index in [1.807, 2.05) is 25.1 Å². The van der Waals surface area contributed by atoms with Crippen molar-refractivity contribution in [3.8, 4) is 0 Å². The lowest BCUT2D eigenvalue weighted by Gasteiger charge is -2.07. The predicted molar refractivity (Wildman–Crippen MR) is 75.1 cm³/mol. The zero-order valence-corrected chi connectivity index (χ0v) is 10.3. The zero-order valence-electron chi connectivity index (χ0n) is 10.3. The Bertz CT molecular complexity index is 679. The van der Waals surface area contributed by atoms with Crippen LogP contribution in [0.15, 0.2) is 54.6 Å². The van der Waals surface area contributed by atoms with Crippen molar-refractivity contribution >= 4 is 16.5 Å². The highest BCUT2D eigenvalue weighted by molar-refractivity contribution is 5.92. The molecule has 18 heavy (non-hydrogen) atoms. The van der Waals surface area contributed by atoms with E-state index in [4.69, 9.17) is 0 Å². The average Bonchev–Trinajstić information content (AvgIpc) is 2.66. The van der Waals surface area contributed by atoms with Crippen molar-refractivity contribution < 1.29 is 0 Å². The van der Waals surface area contributed by atoms with Gasteiger partial charge in [-0.15, -0.1) is 0 Å². The van der Waals surface area contributed by atoms with Gasteiger partial charge in [0, 0.05) is 11.0 Å². The van der Waals surface area contributed by atoms with E-state index in [-0.39, 0.29) is 0 Å². The lowest BCUT2D eigenvalue weighted by molar-refractivity contribution is 1.08. The van der Waals surface area contributed by atoms with E-state index in [0.29, 0.717) is 0 Å². The second kappa shape index (κ2) is 4.57. The number of para-hydroxylation sites is 1. The average molecular weight is 234 g/mol. The zero-order chi connectivity index (χ0) is 12.4. The quantitative estimate of drug-likeness (QED) is 0.749. The van der Waals surface area contributed by atoms with Crippen molar-refractivity contribution in [2.24, 2.45) is 0 Å². The van der Waals surface area contributed by atoms with Crippen LogP contribution in [-0.4, -0.2) is 9.97 Å². The first-order valence-electron chi connectivity index (χ1n) is 6.12. The smallest absolute Gasteiger partial charge is 0.126 e. The Morgan fingerprint density at radius 3 is 2.89 bits per heavy atom. The first kappa shape index (κ1) is 10.9. The lowest BCUT2D eigenvalue weighted by Crippen LogP contribution is -1.96. The SMILES string of the molecule is Cc1nc(C2=CC=CCC=C2)c2ccccc2n1. The highest BCUT2D eigenvalue weighted by Gasteiger charge is 2.08. The lowest BCUT2D eigenvalue weighted by atomic mass is 10.1. The van der Waals surface area contributed by atoms with Gasteiger partial charge in [-0.2, -0.15) is 0 Å². The van der Waals surface area contributed by atoms with Crippen LogP contribution in [0, 0.1) is 6.92 Å². The molecule has 88 valence electrons. The Hall–Kier alpha value is -2.22. The molecule has 1 aromatic carbocycles. The van der Waals surface area contributed by atoms with Crippen molar-refractivity contribution in [1.29, 1.82) is 0 Å². The van der Waals surface area contributed by atoms with E-state index in [1.54, 1.807) is 0 Å². The largest absolute Gasteiger partial charge is 0.233 e. The molecule has 0 radical (unpaired) electrons. The van der Waals surface area contributed by atoms with Crippen LogP contribution in [0.25, 0.3) is 16.5 Å². The van der Waals surface area contributed by atoms with E-state index in [9.17, 15) is 0 Å². The molecule has 0 aliphatic heterocycles. The van der Waals surface area contributed by atoms with Gasteiger partial charge in [0.15, 0.2) is 0 Å². The molecule has 0 saturated carbocycles. The summed E-state index contributed by atoms with van der Waals surface area (Å²) in [6.45, 7) is 1.94. The number of nitrogens with zero attached hydrogens (tertiary/aromatic N) is 2. The molecule has 0 N–H and O–H groups in total. The first-order chi connectivity index (χ1) is 8.84. The minimum absolute atomic E-state index is 0.811. The second-order valence-corrected chi connectivity index (χ2v) is 4.32. The molecule has 1 aliphatic carbocycles. The number of benzene rings is 1. The summed E-state index contributed by atoms with van der Waals surface area (Å²) in [7, 11) is 0. The van der Waals surface area contributed by atoms with Gasteiger partial charge in [0.2, 0.25) is 0 Å². The molecule has 2 aromatic rings. The molecule has 0 amide bonds. The third-order valence-corrected chi connectivity index (χ3v) is 2.97. The van der Waals surface area contributed by atoms with E-state index >= 15 is 0 Å². The normalized spacial score (nSPS) is 14.6. The van der Waals surface area contributed by atoms with Crippen LogP contribution < -0.4 is 0 Å². The fourth-order valence-corrected chi connectivity index (χ4v) is 2.15. The highest BCUT2D eigenvalue weighted by atomic mass is 14.9. The number of hydrogen-bond donors (Lipinski definition) is 0. The van der Waals surface area contributed by atoms with Crippen LogP contribution in [-0.2, 0) is 0 Å². The number of aryl methyl sites for hydroxylation is 1. The number of fused-ring (bicyclic) bond motifs is 1. The number of rotatable bonds is 1. The summed E-state index contributed by atoms with van der Waals surface area (Å²) < 4.78 is 0. The Balaban J connectivity index is 2.28. The molecular formula is C16H14N2. The molecule has 0 atom stereocenters. The maximum atomic E-state index is 4.60. The molecular weight excluding hydrogens is 220 g/mol. The summed E-state index contributed by atoms with van der Waals surface area (Å²) in [6.07, 6.45) is 11.6. The number of allylic oxidation sites excluding steroid dienone is 6. The summed E-state index contributed by atoms with van der Waals surface area (Å²) in [6, 6.07) is 8.15. The molecule has 0 unspecified atom stereocenters. The fourth-order valence-electron chi connectivity index (χ4n) is 2.15. The van der Waals surface area contributed by atoms with E-state index in [2.05, 4.69) is 46.4 Å². The van der Waals surface area contributed by atoms with Crippen LogP contribution in [0.1, 0.15) is 17.9 Å². The maximum Gasteiger partial charge on any atom is 0.126 e. The molecule has 2 nitrogen and oxygen atoms in total. The molecule has 1 heterocycles.